The number of aryl methyl sites for hydroxylation is 2. The van der Waals surface area contributed by atoms with Crippen molar-refractivity contribution in [3.05, 3.63) is 77.5 Å². The van der Waals surface area contributed by atoms with Crippen LogP contribution in [0.3, 0.4) is 0 Å². The lowest BCUT2D eigenvalue weighted by atomic mass is 10.0. The normalized spacial score (nSPS) is 13.8. The van der Waals surface area contributed by atoms with Crippen molar-refractivity contribution in [1.29, 1.82) is 0 Å². The van der Waals surface area contributed by atoms with Gasteiger partial charge in [0.2, 0.25) is 0 Å². The van der Waals surface area contributed by atoms with Crippen molar-refractivity contribution >= 4 is 11.4 Å². The van der Waals surface area contributed by atoms with Crippen LogP contribution in [-0.2, 0) is 0 Å². The van der Waals surface area contributed by atoms with Gasteiger partial charge >= 0.3 is 0 Å². The average molecular weight is 291 g/mol. The number of benzene rings is 2. The summed E-state index contributed by atoms with van der Waals surface area (Å²) < 4.78 is 0. The van der Waals surface area contributed by atoms with Gasteiger partial charge in [-0.3, -0.25) is 0 Å². The van der Waals surface area contributed by atoms with Crippen LogP contribution in [0.4, 0.5) is 11.4 Å². The summed E-state index contributed by atoms with van der Waals surface area (Å²) in [4.78, 5) is 2.28. The number of hydrogen-bond acceptors (Lipinski definition) is 2. The third-order valence-corrected chi connectivity index (χ3v) is 4.03. The SMILES string of the molecule is Cc1cc(N(C2=CC=CCC2)c2ccccc2)cc(C)c1O. The second-order valence-corrected chi connectivity index (χ2v) is 5.72. The lowest BCUT2D eigenvalue weighted by Gasteiger charge is -2.29. The Labute approximate surface area is 132 Å². The summed E-state index contributed by atoms with van der Waals surface area (Å²) in [6, 6.07) is 14.5. The van der Waals surface area contributed by atoms with Gasteiger partial charge in [-0.05, 0) is 68.2 Å². The molecule has 1 N–H and O–H groups in total. The van der Waals surface area contributed by atoms with E-state index in [2.05, 4.69) is 59.5 Å². The Morgan fingerprint density at radius 2 is 1.64 bits per heavy atom. The number of anilines is 2. The van der Waals surface area contributed by atoms with Gasteiger partial charge in [0.25, 0.3) is 0 Å². The lowest BCUT2D eigenvalue weighted by molar-refractivity contribution is 0.467. The van der Waals surface area contributed by atoms with Crippen LogP contribution in [0.2, 0.25) is 0 Å². The van der Waals surface area contributed by atoms with E-state index in [-0.39, 0.29) is 0 Å². The first-order valence-electron chi connectivity index (χ1n) is 7.68. The Kier molecular flexibility index (Phi) is 4.01. The molecule has 2 heteroatoms. The third-order valence-electron chi connectivity index (χ3n) is 4.03. The van der Waals surface area contributed by atoms with Crippen molar-refractivity contribution in [1.82, 2.24) is 0 Å². The molecule has 0 unspecified atom stereocenters. The van der Waals surface area contributed by atoms with E-state index in [1.165, 1.54) is 5.70 Å². The van der Waals surface area contributed by atoms with Crippen LogP contribution in [0, 0.1) is 13.8 Å². The summed E-state index contributed by atoms with van der Waals surface area (Å²) in [6.07, 6.45) is 8.57. The molecule has 0 aliphatic heterocycles. The molecular weight excluding hydrogens is 270 g/mol. The second-order valence-electron chi connectivity index (χ2n) is 5.72. The molecule has 0 fully saturated rings. The monoisotopic (exact) mass is 291 g/mol. The summed E-state index contributed by atoms with van der Waals surface area (Å²) in [7, 11) is 0. The molecule has 0 atom stereocenters. The Morgan fingerprint density at radius 3 is 2.23 bits per heavy atom. The molecule has 0 amide bonds. The molecule has 112 valence electrons. The average Bonchev–Trinajstić information content (AvgIpc) is 2.55. The highest BCUT2D eigenvalue weighted by Crippen LogP contribution is 2.36. The van der Waals surface area contributed by atoms with E-state index in [1.54, 1.807) is 0 Å². The minimum absolute atomic E-state index is 0.384. The van der Waals surface area contributed by atoms with Crippen molar-refractivity contribution < 1.29 is 5.11 Å². The van der Waals surface area contributed by atoms with Gasteiger partial charge in [0.05, 0.1) is 0 Å². The Morgan fingerprint density at radius 1 is 0.955 bits per heavy atom. The molecule has 0 saturated heterocycles. The topological polar surface area (TPSA) is 23.5 Å². The molecule has 0 radical (unpaired) electrons. The van der Waals surface area contributed by atoms with E-state index < -0.39 is 0 Å². The molecule has 2 aromatic rings. The molecule has 0 saturated carbocycles. The number of rotatable bonds is 3. The summed E-state index contributed by atoms with van der Waals surface area (Å²) in [6.45, 7) is 3.90. The first-order valence-corrected chi connectivity index (χ1v) is 7.68. The molecule has 0 spiro atoms. The van der Waals surface area contributed by atoms with Gasteiger partial charge < -0.3 is 10.0 Å². The van der Waals surface area contributed by atoms with Gasteiger partial charge in [0.1, 0.15) is 5.75 Å². The van der Waals surface area contributed by atoms with Crippen molar-refractivity contribution in [2.24, 2.45) is 0 Å². The molecule has 0 bridgehead atoms. The number of allylic oxidation sites excluding steroid dienone is 4. The van der Waals surface area contributed by atoms with E-state index in [4.69, 9.17) is 0 Å². The molecular formula is C20H21NO. The van der Waals surface area contributed by atoms with Crippen molar-refractivity contribution in [3.63, 3.8) is 0 Å². The predicted octanol–water partition coefficient (Wildman–Crippen LogP) is 5.38. The fraction of sp³-hybridized carbons (Fsp3) is 0.200. The fourth-order valence-electron chi connectivity index (χ4n) is 2.90. The van der Waals surface area contributed by atoms with E-state index in [1.807, 2.05) is 19.9 Å². The first-order chi connectivity index (χ1) is 10.7. The summed E-state index contributed by atoms with van der Waals surface area (Å²) in [5, 5.41) is 10.0. The first kappa shape index (κ1) is 14.5. The summed E-state index contributed by atoms with van der Waals surface area (Å²) >= 11 is 0. The number of para-hydroxylation sites is 1. The minimum Gasteiger partial charge on any atom is -0.507 e. The largest absolute Gasteiger partial charge is 0.507 e. The van der Waals surface area contributed by atoms with E-state index in [0.717, 1.165) is 35.3 Å². The van der Waals surface area contributed by atoms with Crippen LogP contribution in [0.25, 0.3) is 0 Å². The molecule has 22 heavy (non-hydrogen) atoms. The number of nitrogens with zero attached hydrogens (tertiary/aromatic N) is 1. The highest BCUT2D eigenvalue weighted by molar-refractivity contribution is 5.71. The maximum absolute atomic E-state index is 10.0. The zero-order chi connectivity index (χ0) is 15.5. The zero-order valence-electron chi connectivity index (χ0n) is 13.1. The minimum atomic E-state index is 0.384. The van der Waals surface area contributed by atoms with Crippen molar-refractivity contribution in [2.45, 2.75) is 26.7 Å². The number of aromatic hydroxyl groups is 1. The van der Waals surface area contributed by atoms with E-state index in [0.29, 0.717) is 5.75 Å². The number of hydrogen-bond donors (Lipinski definition) is 1. The quantitative estimate of drug-likeness (QED) is 0.820. The molecule has 0 heterocycles. The lowest BCUT2D eigenvalue weighted by Crippen LogP contribution is -2.17. The van der Waals surface area contributed by atoms with Gasteiger partial charge in [-0.25, -0.2) is 0 Å². The fourth-order valence-corrected chi connectivity index (χ4v) is 2.90. The van der Waals surface area contributed by atoms with Gasteiger partial charge in [-0.15, -0.1) is 0 Å². The Bertz CT molecular complexity index is 706. The molecule has 1 aliphatic carbocycles. The van der Waals surface area contributed by atoms with Crippen molar-refractivity contribution in [3.8, 4) is 5.75 Å². The van der Waals surface area contributed by atoms with Gasteiger partial charge in [-0.1, -0.05) is 30.4 Å². The Hall–Kier alpha value is -2.48. The third kappa shape index (κ3) is 2.77. The maximum Gasteiger partial charge on any atom is 0.121 e. The number of phenolic OH excluding ortho intramolecular Hbond substituents is 1. The van der Waals surface area contributed by atoms with Crippen LogP contribution >= 0.6 is 0 Å². The van der Waals surface area contributed by atoms with Crippen LogP contribution in [0.5, 0.6) is 5.75 Å². The van der Waals surface area contributed by atoms with Gasteiger partial charge in [0, 0.05) is 17.1 Å². The second kappa shape index (κ2) is 6.10. The molecule has 2 nitrogen and oxygen atoms in total. The molecule has 3 rings (SSSR count). The van der Waals surface area contributed by atoms with E-state index >= 15 is 0 Å². The highest BCUT2D eigenvalue weighted by Gasteiger charge is 2.16. The zero-order valence-corrected chi connectivity index (χ0v) is 13.1. The van der Waals surface area contributed by atoms with Crippen molar-refractivity contribution in [2.75, 3.05) is 4.90 Å². The number of phenols is 1. The van der Waals surface area contributed by atoms with Crippen LogP contribution < -0.4 is 4.90 Å². The van der Waals surface area contributed by atoms with Gasteiger partial charge in [0.15, 0.2) is 0 Å². The van der Waals surface area contributed by atoms with Crippen LogP contribution in [0.15, 0.2) is 66.4 Å². The summed E-state index contributed by atoms with van der Waals surface area (Å²) in [5.41, 5.74) is 5.33. The molecule has 1 aliphatic rings. The standard InChI is InChI=1S/C20H21NO/c1-15-13-19(14-16(2)20(15)22)21(17-9-5-3-6-10-17)18-11-7-4-8-12-18/h3-7,9-11,13-14,22H,8,12H2,1-2H3. The molecule has 2 aromatic carbocycles. The molecule has 0 aromatic heterocycles. The maximum atomic E-state index is 10.0. The van der Waals surface area contributed by atoms with Gasteiger partial charge in [-0.2, -0.15) is 0 Å². The van der Waals surface area contributed by atoms with E-state index in [9.17, 15) is 5.11 Å². The van der Waals surface area contributed by atoms with Crippen LogP contribution in [-0.4, -0.2) is 5.11 Å². The van der Waals surface area contributed by atoms with Crippen LogP contribution in [0.1, 0.15) is 24.0 Å². The highest BCUT2D eigenvalue weighted by atomic mass is 16.3. The smallest absolute Gasteiger partial charge is 0.121 e. The Balaban J connectivity index is 2.14. The summed E-state index contributed by atoms with van der Waals surface area (Å²) in [5.74, 6) is 0.384. The predicted molar refractivity (Wildman–Crippen MR) is 92.6 cm³/mol.